The summed E-state index contributed by atoms with van der Waals surface area (Å²) < 4.78 is 13.6. The van der Waals surface area contributed by atoms with E-state index in [0.29, 0.717) is 11.3 Å². The fourth-order valence-corrected chi connectivity index (χ4v) is 24.2. The second-order valence-corrected chi connectivity index (χ2v) is 25.3. The minimum Gasteiger partial charge on any atom is -0.497 e. The largest absolute Gasteiger partial charge is 0.497 e. The molecule has 4 heteroatoms. The first-order valence-corrected chi connectivity index (χ1v) is 26.0. The van der Waals surface area contributed by atoms with E-state index in [2.05, 4.69) is 0 Å². The number of esters is 1. The molecular weight excluding hydrogens is 881 g/mol. The molecule has 304 valence electrons. The van der Waals surface area contributed by atoms with Crippen LogP contribution in [0.1, 0.15) is 32.6 Å². The summed E-state index contributed by atoms with van der Waals surface area (Å²) in [5, 5.41) is 93.8. The zero-order valence-corrected chi connectivity index (χ0v) is 36.5. The van der Waals surface area contributed by atoms with Crippen molar-refractivity contribution in [1.82, 2.24) is 0 Å². The Morgan fingerprint density at radius 3 is 0.667 bits per heavy atom. The topological polar surface area (TPSA) is 55.8 Å². The van der Waals surface area contributed by atoms with Gasteiger partial charge in [-0.15, -0.1) is 0 Å². The van der Waals surface area contributed by atoms with Crippen LogP contribution in [0.5, 0.6) is 5.75 Å². The van der Waals surface area contributed by atoms with Crippen molar-refractivity contribution in [3.63, 3.8) is 0 Å². The highest BCUT2D eigenvalue weighted by Gasteiger charge is 2.72. The van der Waals surface area contributed by atoms with Crippen LogP contribution in [0.2, 0.25) is 0 Å². The average Bonchev–Trinajstić information content (AvgIpc) is 4.34. The lowest BCUT2D eigenvalue weighted by Gasteiger charge is -2.49. The zero-order valence-electron chi connectivity index (χ0n) is 36.5. The van der Waals surface area contributed by atoms with Gasteiger partial charge in [0.05, 0.1) is 12.7 Å². The van der Waals surface area contributed by atoms with Crippen molar-refractivity contribution < 1.29 is 19.4 Å². The molecule has 0 amide bonds. The first-order valence-electron chi connectivity index (χ1n) is 26.0. The molecule has 1 N–H and O–H groups in total. The molecule has 0 atom stereocenters. The Balaban J connectivity index is 1.12. The molecule has 0 saturated heterocycles. The van der Waals surface area contributed by atoms with Crippen LogP contribution >= 0.6 is 0 Å². The van der Waals surface area contributed by atoms with E-state index in [4.69, 9.17) is 9.47 Å². The van der Waals surface area contributed by atoms with Gasteiger partial charge in [-0.05, 0) is 315 Å². The van der Waals surface area contributed by atoms with Gasteiger partial charge in [-0.1, -0.05) is 0 Å². The smallest absolute Gasteiger partial charge is 0.339 e. The predicted molar refractivity (Wildman–Crippen MR) is 295 cm³/mol. The van der Waals surface area contributed by atoms with Gasteiger partial charge in [-0.3, -0.25) is 0 Å². The SMILES string of the molecule is COc1ccc(C(=O)OC23c4c5c6c7c8c9c(c%10c%11c2c2c4c4c%12c5c5c6c6c8c8c%13c9c9c%10c%10c%11c%11c2c2c4c4c%12c%12c5c5c6c8c6c8c%13c9c9c%10c%10c%11c2c2c4c4c%12c5c6c5c8c9c%10c2c45)C73O)cc1. The number of carbonyl (C=O) groups is 1. The second kappa shape index (κ2) is 6.24. The number of hydrogen-bond acceptors (Lipinski definition) is 4. The van der Waals surface area contributed by atoms with E-state index in [1.54, 1.807) is 61.0 Å². The van der Waals surface area contributed by atoms with Crippen molar-refractivity contribution in [1.29, 1.82) is 0 Å². The summed E-state index contributed by atoms with van der Waals surface area (Å²) in [6.07, 6.45) is 0. The molecule has 4 aliphatic carbocycles. The molecule has 0 fully saturated rings. The molecule has 0 spiro atoms. The quantitative estimate of drug-likeness (QED) is 0.142. The molecule has 33 rings (SSSR count). The molecule has 72 heavy (non-hydrogen) atoms. The maximum atomic E-state index is 16.0. The summed E-state index contributed by atoms with van der Waals surface area (Å²) in [7, 11) is 1.67. The maximum Gasteiger partial charge on any atom is 0.339 e. The Morgan fingerprint density at radius 2 is 0.472 bits per heavy atom. The molecule has 0 unspecified atom stereocenters. The summed E-state index contributed by atoms with van der Waals surface area (Å²) in [4.78, 5) is 16.0. The molecule has 0 bridgehead atoms. The van der Waals surface area contributed by atoms with Gasteiger partial charge in [0, 0.05) is 22.3 Å². The van der Waals surface area contributed by atoms with Crippen molar-refractivity contribution in [2.75, 3.05) is 7.11 Å². The molecule has 0 radical (unpaired) electrons. The van der Waals surface area contributed by atoms with Crippen molar-refractivity contribution in [2.45, 2.75) is 11.2 Å². The fraction of sp³-hybridized carbons (Fsp3) is 0.0441. The van der Waals surface area contributed by atoms with E-state index >= 15 is 9.90 Å². The van der Waals surface area contributed by atoms with Gasteiger partial charge in [0.1, 0.15) is 5.75 Å². The maximum absolute atomic E-state index is 16.0. The zero-order chi connectivity index (χ0) is 43.5. The van der Waals surface area contributed by atoms with E-state index in [-0.39, 0.29) is 0 Å². The van der Waals surface area contributed by atoms with Gasteiger partial charge in [-0.25, -0.2) is 4.79 Å². The van der Waals surface area contributed by atoms with Crippen LogP contribution in [0, 0.1) is 0 Å². The van der Waals surface area contributed by atoms with E-state index in [0.717, 1.165) is 22.3 Å². The number of aliphatic hydroxyl groups is 1. The van der Waals surface area contributed by atoms with Gasteiger partial charge < -0.3 is 14.6 Å². The standard InChI is InChI=1S/C68H8O4/c1-71-7-4-2-6(3-5-7)66(69)72-68-64-58-52-42-30-22-14-10-8-9-12-16(14)24(30)34-28-20(12)21-13(9)17-15-11(8)19-18(10)26-32(22)40-46-36(26)37-27(19)33-23(15)31-25(17)35-29(21)39-38(28)50(44(34)52)60(64)61-51(39)45(35)53-43(31)49-41(33)47(37)55-54(46)62(56(58)48(40)42)67(68,70)63(55)57(49)59(53)65(61)68/h2-5,70H,1H3. The lowest BCUT2D eigenvalue weighted by molar-refractivity contribution is -0.115. The van der Waals surface area contributed by atoms with E-state index in [1.807, 2.05) is 24.3 Å². The number of hydrogen-bond donors (Lipinski definition) is 1. The Bertz CT molecular complexity index is 7260. The third-order valence-corrected chi connectivity index (χ3v) is 24.8. The number of methoxy groups -OCH3 is 1. The predicted octanol–water partition coefficient (Wildman–Crippen LogP) is 17.1. The Hall–Kier alpha value is -9.09. The van der Waals surface area contributed by atoms with Crippen LogP contribution in [-0.4, -0.2) is 18.2 Å². The second-order valence-electron chi connectivity index (χ2n) is 25.3. The molecule has 29 aromatic rings. The third-order valence-electron chi connectivity index (χ3n) is 24.8. The Morgan fingerprint density at radius 1 is 0.292 bits per heavy atom. The summed E-state index contributed by atoms with van der Waals surface area (Å²) in [6, 6.07) is 7.46. The normalized spacial score (nSPS) is 21.4. The molecule has 29 aromatic carbocycles. The van der Waals surface area contributed by atoms with E-state index in [1.165, 1.54) is 237 Å². The van der Waals surface area contributed by atoms with Crippen molar-refractivity contribution in [3.8, 4) is 5.75 Å². The van der Waals surface area contributed by atoms with Crippen LogP contribution in [0.15, 0.2) is 24.3 Å². The lowest BCUT2D eigenvalue weighted by Crippen LogP contribution is -2.54. The molecule has 0 saturated carbocycles. The van der Waals surface area contributed by atoms with Crippen molar-refractivity contribution in [3.05, 3.63) is 52.1 Å². The van der Waals surface area contributed by atoms with Gasteiger partial charge in [0.2, 0.25) is 5.60 Å². The van der Waals surface area contributed by atoms with Gasteiger partial charge in [0.25, 0.3) is 0 Å². The van der Waals surface area contributed by atoms with Crippen LogP contribution in [0.25, 0.3) is 291 Å². The van der Waals surface area contributed by atoms with E-state index in [9.17, 15) is 0 Å². The fourth-order valence-electron chi connectivity index (χ4n) is 24.2. The summed E-state index contributed by atoms with van der Waals surface area (Å²) in [6.45, 7) is 0. The first-order chi connectivity index (χ1) is 35.7. The Labute approximate surface area is 390 Å². The van der Waals surface area contributed by atoms with Crippen LogP contribution in [0.4, 0.5) is 0 Å². The lowest BCUT2D eigenvalue weighted by atomic mass is 9.61. The van der Waals surface area contributed by atoms with Gasteiger partial charge >= 0.3 is 5.97 Å². The molecular formula is C68H8O4. The van der Waals surface area contributed by atoms with Crippen LogP contribution < -0.4 is 4.74 Å². The van der Waals surface area contributed by atoms with Gasteiger partial charge in [-0.2, -0.15) is 0 Å². The molecule has 4 nitrogen and oxygen atoms in total. The number of rotatable bonds is 3. The van der Waals surface area contributed by atoms with Crippen LogP contribution in [-0.2, 0) is 15.9 Å². The van der Waals surface area contributed by atoms with Crippen molar-refractivity contribution in [2.24, 2.45) is 0 Å². The molecule has 0 aromatic heterocycles. The highest BCUT2D eigenvalue weighted by Crippen LogP contribution is 2.84. The highest BCUT2D eigenvalue weighted by atomic mass is 16.6. The Kier molecular flexibility index (Phi) is 2.37. The molecule has 0 aliphatic heterocycles. The monoisotopic (exact) mass is 888 g/mol. The number of ether oxygens (including phenoxy) is 2. The van der Waals surface area contributed by atoms with Crippen LogP contribution in [0.3, 0.4) is 0 Å². The highest BCUT2D eigenvalue weighted by molar-refractivity contribution is 6.82. The average molecular weight is 889 g/mol. The van der Waals surface area contributed by atoms with E-state index < -0.39 is 17.2 Å². The molecule has 0 heterocycles. The summed E-state index contributed by atoms with van der Waals surface area (Å²) >= 11 is 0. The first kappa shape index (κ1) is 27.3. The number of benzene rings is 19. The van der Waals surface area contributed by atoms with Crippen molar-refractivity contribution >= 4 is 297 Å². The summed E-state index contributed by atoms with van der Waals surface area (Å²) in [5.41, 5.74) is 1.40. The minimum absolute atomic E-state index is 0.399. The molecule has 4 aliphatic rings. The van der Waals surface area contributed by atoms with Gasteiger partial charge in [0.15, 0.2) is 5.60 Å². The minimum atomic E-state index is -1.71. The summed E-state index contributed by atoms with van der Waals surface area (Å²) in [5.74, 6) is 0.294. The number of carbonyl (C=O) groups excluding carboxylic acids is 1. The third kappa shape index (κ3) is 1.48.